The van der Waals surface area contributed by atoms with Crippen LogP contribution in [-0.4, -0.2) is 4.98 Å². The second-order valence-corrected chi connectivity index (χ2v) is 6.89. The number of halogens is 2. The van der Waals surface area contributed by atoms with E-state index in [0.717, 1.165) is 31.1 Å². The third kappa shape index (κ3) is 2.61. The van der Waals surface area contributed by atoms with Crippen LogP contribution in [0.3, 0.4) is 0 Å². The maximum absolute atomic E-state index is 6.09. The van der Waals surface area contributed by atoms with E-state index in [0.29, 0.717) is 10.7 Å². The molecule has 0 fully saturated rings. The van der Waals surface area contributed by atoms with Gasteiger partial charge in [-0.05, 0) is 53.2 Å². The van der Waals surface area contributed by atoms with Crippen molar-refractivity contribution in [2.24, 2.45) is 0 Å². The highest BCUT2D eigenvalue weighted by Crippen LogP contribution is 2.33. The predicted octanol–water partition coefficient (Wildman–Crippen LogP) is 5.35. The van der Waals surface area contributed by atoms with Gasteiger partial charge in [0.15, 0.2) is 0 Å². The van der Waals surface area contributed by atoms with Crippen LogP contribution in [0.4, 0.5) is 17.1 Å². The Morgan fingerprint density at radius 1 is 1.30 bits per heavy atom. The van der Waals surface area contributed by atoms with E-state index in [-0.39, 0.29) is 0 Å². The zero-order valence-corrected chi connectivity index (χ0v) is 13.7. The van der Waals surface area contributed by atoms with E-state index in [2.05, 4.69) is 26.2 Å². The second-order valence-electron chi connectivity index (χ2n) is 4.39. The minimum Gasteiger partial charge on any atom is -0.397 e. The quantitative estimate of drug-likeness (QED) is 0.600. The number of aromatic nitrogens is 1. The summed E-state index contributed by atoms with van der Waals surface area (Å²) in [6.45, 7) is 1.99. The highest BCUT2D eigenvalue weighted by molar-refractivity contribution is 9.10. The first-order chi connectivity index (χ1) is 9.52. The van der Waals surface area contributed by atoms with Crippen LogP contribution in [-0.2, 0) is 0 Å². The molecule has 0 bridgehead atoms. The first-order valence-electron chi connectivity index (χ1n) is 5.91. The average molecular weight is 369 g/mol. The summed E-state index contributed by atoms with van der Waals surface area (Å²) in [5.41, 5.74) is 9.45. The molecule has 3 N–H and O–H groups in total. The van der Waals surface area contributed by atoms with Gasteiger partial charge in [0.05, 0.1) is 31.6 Å². The van der Waals surface area contributed by atoms with Gasteiger partial charge in [-0.3, -0.25) is 0 Å². The van der Waals surface area contributed by atoms with Crippen LogP contribution in [0.2, 0.25) is 5.02 Å². The molecule has 0 saturated carbocycles. The molecular formula is C14H11BrClN3S. The van der Waals surface area contributed by atoms with Gasteiger partial charge in [-0.2, -0.15) is 0 Å². The standard InChI is InChI=1S/C14H11BrClN3S/c1-7-18-13-6-12(11(17)5-14(13)20-7)19-8-2-3-9(15)10(16)4-8/h2-6,19H,17H2,1H3. The van der Waals surface area contributed by atoms with Crippen LogP contribution in [0.25, 0.3) is 10.2 Å². The molecule has 0 saturated heterocycles. The Morgan fingerprint density at radius 3 is 2.85 bits per heavy atom. The highest BCUT2D eigenvalue weighted by atomic mass is 79.9. The van der Waals surface area contributed by atoms with Crippen LogP contribution < -0.4 is 11.1 Å². The highest BCUT2D eigenvalue weighted by Gasteiger charge is 2.07. The molecular weight excluding hydrogens is 358 g/mol. The Kier molecular flexibility index (Phi) is 3.58. The largest absolute Gasteiger partial charge is 0.397 e. The van der Waals surface area contributed by atoms with Crippen LogP contribution >= 0.6 is 38.9 Å². The number of nitrogens with two attached hydrogens (primary N) is 1. The molecule has 102 valence electrons. The Morgan fingerprint density at radius 2 is 2.10 bits per heavy atom. The molecule has 3 aromatic rings. The Labute approximate surface area is 133 Å². The fourth-order valence-electron chi connectivity index (χ4n) is 1.94. The van der Waals surface area contributed by atoms with Gasteiger partial charge in [0.2, 0.25) is 0 Å². The Balaban J connectivity index is 2.00. The summed E-state index contributed by atoms with van der Waals surface area (Å²) < 4.78 is 1.96. The van der Waals surface area contributed by atoms with Gasteiger partial charge < -0.3 is 11.1 Å². The molecule has 20 heavy (non-hydrogen) atoms. The number of nitrogens with one attached hydrogen (secondary N) is 1. The van der Waals surface area contributed by atoms with E-state index >= 15 is 0 Å². The molecule has 1 aromatic heterocycles. The van der Waals surface area contributed by atoms with Crippen LogP contribution in [0.1, 0.15) is 5.01 Å². The van der Waals surface area contributed by atoms with Crippen molar-refractivity contribution in [3.63, 3.8) is 0 Å². The van der Waals surface area contributed by atoms with E-state index in [1.807, 2.05) is 37.3 Å². The molecule has 0 radical (unpaired) electrons. The molecule has 0 amide bonds. The molecule has 3 nitrogen and oxygen atoms in total. The predicted molar refractivity (Wildman–Crippen MR) is 91.2 cm³/mol. The molecule has 2 aromatic carbocycles. The maximum atomic E-state index is 6.09. The topological polar surface area (TPSA) is 50.9 Å². The molecule has 0 aliphatic carbocycles. The molecule has 1 heterocycles. The second kappa shape index (κ2) is 5.24. The number of hydrogen-bond donors (Lipinski definition) is 2. The first kappa shape index (κ1) is 13.7. The number of anilines is 3. The Hall–Kier alpha value is -1.30. The smallest absolute Gasteiger partial charge is 0.0907 e. The number of rotatable bonds is 2. The van der Waals surface area contributed by atoms with E-state index in [4.69, 9.17) is 17.3 Å². The summed E-state index contributed by atoms with van der Waals surface area (Å²) in [5, 5.41) is 4.96. The molecule has 6 heteroatoms. The van der Waals surface area contributed by atoms with Crippen molar-refractivity contribution in [2.45, 2.75) is 6.92 Å². The summed E-state index contributed by atoms with van der Waals surface area (Å²) in [6.07, 6.45) is 0. The van der Waals surface area contributed by atoms with Gasteiger partial charge in [0.1, 0.15) is 0 Å². The van der Waals surface area contributed by atoms with Crippen molar-refractivity contribution in [1.82, 2.24) is 4.98 Å². The minimum atomic E-state index is 0.652. The first-order valence-corrected chi connectivity index (χ1v) is 7.90. The average Bonchev–Trinajstić information content (AvgIpc) is 2.73. The lowest BCUT2D eigenvalue weighted by Gasteiger charge is -2.10. The molecule has 0 aliphatic heterocycles. The van der Waals surface area contributed by atoms with Crippen LogP contribution in [0, 0.1) is 6.92 Å². The van der Waals surface area contributed by atoms with Crippen LogP contribution in [0.5, 0.6) is 0 Å². The fraction of sp³-hybridized carbons (Fsp3) is 0.0714. The van der Waals surface area contributed by atoms with Gasteiger partial charge in [0, 0.05) is 10.2 Å². The van der Waals surface area contributed by atoms with E-state index < -0.39 is 0 Å². The summed E-state index contributed by atoms with van der Waals surface area (Å²) >= 11 is 11.1. The van der Waals surface area contributed by atoms with Gasteiger partial charge in [-0.1, -0.05) is 11.6 Å². The van der Waals surface area contributed by atoms with Gasteiger partial charge in [-0.25, -0.2) is 4.98 Å². The summed E-state index contributed by atoms with van der Waals surface area (Å²) in [5.74, 6) is 0. The Bertz CT molecular complexity index is 800. The number of nitrogen functional groups attached to an aromatic ring is 1. The summed E-state index contributed by atoms with van der Waals surface area (Å²) in [6, 6.07) is 9.59. The van der Waals surface area contributed by atoms with E-state index in [1.165, 1.54) is 0 Å². The number of hydrogen-bond acceptors (Lipinski definition) is 4. The number of fused-ring (bicyclic) bond motifs is 1. The van der Waals surface area contributed by atoms with Crippen molar-refractivity contribution in [3.05, 3.63) is 44.8 Å². The monoisotopic (exact) mass is 367 g/mol. The molecule has 0 aliphatic rings. The lowest BCUT2D eigenvalue weighted by Crippen LogP contribution is -1.96. The van der Waals surface area contributed by atoms with Gasteiger partial charge in [-0.15, -0.1) is 11.3 Å². The SMILES string of the molecule is Cc1nc2cc(Nc3ccc(Br)c(Cl)c3)c(N)cc2s1. The van der Waals surface area contributed by atoms with E-state index in [1.54, 1.807) is 11.3 Å². The molecule has 0 unspecified atom stereocenters. The minimum absolute atomic E-state index is 0.652. The number of thiazole rings is 1. The number of aryl methyl sites for hydroxylation is 1. The maximum Gasteiger partial charge on any atom is 0.0907 e. The zero-order valence-electron chi connectivity index (χ0n) is 10.6. The number of benzene rings is 2. The third-order valence-electron chi connectivity index (χ3n) is 2.87. The van der Waals surface area contributed by atoms with Crippen molar-refractivity contribution >= 4 is 66.1 Å². The van der Waals surface area contributed by atoms with Crippen molar-refractivity contribution in [3.8, 4) is 0 Å². The third-order valence-corrected chi connectivity index (χ3v) is 5.03. The van der Waals surface area contributed by atoms with Gasteiger partial charge in [0.25, 0.3) is 0 Å². The van der Waals surface area contributed by atoms with E-state index in [9.17, 15) is 0 Å². The lowest BCUT2D eigenvalue weighted by molar-refractivity contribution is 1.35. The van der Waals surface area contributed by atoms with Gasteiger partial charge >= 0.3 is 0 Å². The molecule has 0 atom stereocenters. The normalized spacial score (nSPS) is 10.9. The lowest BCUT2D eigenvalue weighted by atomic mass is 10.2. The fourth-order valence-corrected chi connectivity index (χ4v) is 3.23. The molecule has 3 rings (SSSR count). The summed E-state index contributed by atoms with van der Waals surface area (Å²) in [4.78, 5) is 4.48. The van der Waals surface area contributed by atoms with Crippen LogP contribution in [0.15, 0.2) is 34.8 Å². The van der Waals surface area contributed by atoms with Crippen molar-refractivity contribution in [1.29, 1.82) is 0 Å². The van der Waals surface area contributed by atoms with Crippen molar-refractivity contribution in [2.75, 3.05) is 11.1 Å². The zero-order chi connectivity index (χ0) is 14.3. The molecule has 0 spiro atoms. The summed E-state index contributed by atoms with van der Waals surface area (Å²) in [7, 11) is 0. The van der Waals surface area contributed by atoms with Crippen molar-refractivity contribution < 1.29 is 0 Å². The number of nitrogens with zero attached hydrogens (tertiary/aromatic N) is 1.